The van der Waals surface area contributed by atoms with E-state index < -0.39 is 5.60 Å². The fourth-order valence-electron chi connectivity index (χ4n) is 4.71. The molecule has 0 saturated heterocycles. The molecule has 0 unspecified atom stereocenters. The van der Waals surface area contributed by atoms with Gasteiger partial charge in [-0.2, -0.15) is 0 Å². The first kappa shape index (κ1) is 23.3. The van der Waals surface area contributed by atoms with Crippen molar-refractivity contribution < 1.29 is 14.2 Å². The highest BCUT2D eigenvalue weighted by Crippen LogP contribution is 2.47. The van der Waals surface area contributed by atoms with Gasteiger partial charge in [-0.05, 0) is 99.0 Å². The van der Waals surface area contributed by atoms with Crippen LogP contribution in [0, 0.1) is 19.7 Å². The van der Waals surface area contributed by atoms with Gasteiger partial charge in [-0.25, -0.2) is 4.39 Å². The van der Waals surface area contributed by atoms with E-state index in [1.807, 2.05) is 67.1 Å². The number of fused-ring (bicyclic) bond motifs is 1. The van der Waals surface area contributed by atoms with Crippen LogP contribution in [0.1, 0.15) is 55.9 Å². The summed E-state index contributed by atoms with van der Waals surface area (Å²) in [6, 6.07) is 16.0. The molecule has 1 heterocycles. The standard InChI is InChI=1S/C30H30FNO3/c1-18-14-21(31)15-19(2)28(18)35-26-11-10-20(29(3,4)34)16-25(26)32-17-23(30(5)12-13-30)27(33)22-8-6-7-9-24(22)32/h6-11,14-17,34H,12-13H2,1-5H3. The quantitative estimate of drug-likeness (QED) is 0.348. The van der Waals surface area contributed by atoms with Gasteiger partial charge in [0.25, 0.3) is 0 Å². The first-order valence-electron chi connectivity index (χ1n) is 11.9. The third kappa shape index (κ3) is 4.14. The van der Waals surface area contributed by atoms with Gasteiger partial charge in [0.15, 0.2) is 11.2 Å². The number of hydrogen-bond acceptors (Lipinski definition) is 3. The Bertz CT molecular complexity index is 1500. The van der Waals surface area contributed by atoms with Crippen LogP contribution in [-0.4, -0.2) is 9.67 Å². The van der Waals surface area contributed by atoms with E-state index in [9.17, 15) is 14.3 Å². The van der Waals surface area contributed by atoms with E-state index in [1.54, 1.807) is 13.8 Å². The summed E-state index contributed by atoms with van der Waals surface area (Å²) in [4.78, 5) is 13.4. The lowest BCUT2D eigenvalue weighted by atomic mass is 9.96. The Hall–Kier alpha value is -3.44. The second-order valence-electron chi connectivity index (χ2n) is 10.5. The maximum absolute atomic E-state index is 13.9. The minimum atomic E-state index is -1.07. The van der Waals surface area contributed by atoms with E-state index in [-0.39, 0.29) is 16.7 Å². The third-order valence-corrected chi connectivity index (χ3v) is 7.12. The van der Waals surface area contributed by atoms with Crippen LogP contribution < -0.4 is 10.2 Å². The van der Waals surface area contributed by atoms with Crippen LogP contribution in [0.15, 0.2) is 65.6 Å². The van der Waals surface area contributed by atoms with Crippen LogP contribution in [0.25, 0.3) is 16.6 Å². The van der Waals surface area contributed by atoms with E-state index in [2.05, 4.69) is 6.92 Å². The zero-order valence-electron chi connectivity index (χ0n) is 20.8. The molecule has 3 aromatic carbocycles. The Morgan fingerprint density at radius 2 is 1.69 bits per heavy atom. The molecule has 4 nitrogen and oxygen atoms in total. The molecule has 1 fully saturated rings. The Kier molecular flexibility index (Phi) is 5.37. The maximum Gasteiger partial charge on any atom is 0.193 e. The number of ether oxygens (including phenoxy) is 1. The van der Waals surface area contributed by atoms with Crippen LogP contribution in [-0.2, 0) is 11.0 Å². The van der Waals surface area contributed by atoms with Crippen molar-refractivity contribution in [3.8, 4) is 17.2 Å². The van der Waals surface area contributed by atoms with Gasteiger partial charge in [-0.1, -0.05) is 25.1 Å². The average molecular weight is 472 g/mol. The SMILES string of the molecule is Cc1cc(F)cc(C)c1Oc1ccc(C(C)(C)O)cc1-n1cc(C2(C)CC2)c(=O)c2ccccc21. The predicted octanol–water partition coefficient (Wildman–Crippen LogP) is 6.82. The van der Waals surface area contributed by atoms with Crippen molar-refractivity contribution in [2.75, 3.05) is 0 Å². The summed E-state index contributed by atoms with van der Waals surface area (Å²) < 4.78 is 22.3. The average Bonchev–Trinajstić information content (AvgIpc) is 3.54. The van der Waals surface area contributed by atoms with Crippen LogP contribution in [0.5, 0.6) is 11.5 Å². The molecule has 1 aliphatic rings. The number of halogens is 1. The molecular weight excluding hydrogens is 441 g/mol. The summed E-state index contributed by atoms with van der Waals surface area (Å²) in [6.07, 6.45) is 3.88. The lowest BCUT2D eigenvalue weighted by Gasteiger charge is -2.24. The van der Waals surface area contributed by atoms with Gasteiger partial charge >= 0.3 is 0 Å². The van der Waals surface area contributed by atoms with Crippen molar-refractivity contribution in [1.29, 1.82) is 0 Å². The molecule has 0 atom stereocenters. The maximum atomic E-state index is 13.9. The summed E-state index contributed by atoms with van der Waals surface area (Å²) in [5.74, 6) is 0.832. The van der Waals surface area contributed by atoms with Crippen molar-refractivity contribution in [2.24, 2.45) is 0 Å². The number of benzene rings is 3. The highest BCUT2D eigenvalue weighted by molar-refractivity contribution is 5.82. The molecule has 0 radical (unpaired) electrons. The summed E-state index contributed by atoms with van der Waals surface area (Å²) in [5, 5.41) is 11.4. The van der Waals surface area contributed by atoms with Gasteiger partial charge in [-0.15, -0.1) is 0 Å². The van der Waals surface area contributed by atoms with Gasteiger partial charge < -0.3 is 14.4 Å². The number of nitrogens with zero attached hydrogens (tertiary/aromatic N) is 1. The summed E-state index contributed by atoms with van der Waals surface area (Å²) in [6.45, 7) is 9.23. The number of aromatic nitrogens is 1. The molecule has 0 aliphatic heterocycles. The molecule has 1 aliphatic carbocycles. The molecule has 0 bridgehead atoms. The van der Waals surface area contributed by atoms with Gasteiger partial charge in [-0.3, -0.25) is 4.79 Å². The molecule has 1 saturated carbocycles. The van der Waals surface area contributed by atoms with Gasteiger partial charge in [0.2, 0.25) is 0 Å². The van der Waals surface area contributed by atoms with Crippen LogP contribution in [0.2, 0.25) is 0 Å². The third-order valence-electron chi connectivity index (χ3n) is 7.12. The second kappa shape index (κ2) is 8.06. The summed E-state index contributed by atoms with van der Waals surface area (Å²) >= 11 is 0. The first-order valence-corrected chi connectivity index (χ1v) is 11.9. The smallest absolute Gasteiger partial charge is 0.193 e. The number of rotatable bonds is 5. The molecule has 35 heavy (non-hydrogen) atoms. The number of para-hydroxylation sites is 1. The van der Waals surface area contributed by atoms with Crippen LogP contribution in [0.4, 0.5) is 4.39 Å². The zero-order valence-corrected chi connectivity index (χ0v) is 20.8. The molecule has 1 N–H and O–H groups in total. The summed E-state index contributed by atoms with van der Waals surface area (Å²) in [7, 11) is 0. The molecule has 1 aromatic heterocycles. The molecule has 5 rings (SSSR count). The first-order chi connectivity index (χ1) is 16.5. The lowest BCUT2D eigenvalue weighted by molar-refractivity contribution is 0.0785. The normalized spacial score (nSPS) is 14.8. The van der Waals surface area contributed by atoms with Crippen molar-refractivity contribution in [3.05, 3.63) is 99.1 Å². The zero-order chi connectivity index (χ0) is 25.1. The molecule has 4 aromatic rings. The largest absolute Gasteiger partial charge is 0.455 e. The number of aryl methyl sites for hydroxylation is 2. The Balaban J connectivity index is 1.80. The topological polar surface area (TPSA) is 51.5 Å². The highest BCUT2D eigenvalue weighted by atomic mass is 19.1. The minimum absolute atomic E-state index is 0.0585. The predicted molar refractivity (Wildman–Crippen MR) is 137 cm³/mol. The van der Waals surface area contributed by atoms with E-state index in [0.29, 0.717) is 33.7 Å². The summed E-state index contributed by atoms with van der Waals surface area (Å²) in [5.41, 5.74) is 3.19. The number of pyridine rings is 1. The Labute approximate surface area is 204 Å². The van der Waals surface area contributed by atoms with E-state index in [0.717, 1.165) is 29.5 Å². The highest BCUT2D eigenvalue weighted by Gasteiger charge is 2.41. The number of aliphatic hydroxyl groups is 1. The fraction of sp³-hybridized carbons (Fsp3) is 0.300. The van der Waals surface area contributed by atoms with Crippen molar-refractivity contribution in [2.45, 2.75) is 58.5 Å². The molecule has 0 amide bonds. The van der Waals surface area contributed by atoms with Gasteiger partial charge in [0.05, 0.1) is 16.8 Å². The number of hydrogen-bond donors (Lipinski definition) is 1. The van der Waals surface area contributed by atoms with Crippen LogP contribution in [0.3, 0.4) is 0 Å². The van der Waals surface area contributed by atoms with Crippen molar-refractivity contribution in [3.63, 3.8) is 0 Å². The lowest BCUT2D eigenvalue weighted by Crippen LogP contribution is -2.20. The van der Waals surface area contributed by atoms with E-state index >= 15 is 0 Å². The second-order valence-corrected chi connectivity index (χ2v) is 10.5. The molecule has 180 valence electrons. The van der Waals surface area contributed by atoms with E-state index in [4.69, 9.17) is 4.74 Å². The van der Waals surface area contributed by atoms with Crippen molar-refractivity contribution in [1.82, 2.24) is 4.57 Å². The minimum Gasteiger partial charge on any atom is -0.455 e. The molecule has 0 spiro atoms. The van der Waals surface area contributed by atoms with Gasteiger partial charge in [0.1, 0.15) is 11.6 Å². The monoisotopic (exact) mass is 471 g/mol. The Morgan fingerprint density at radius 1 is 1.03 bits per heavy atom. The van der Waals surface area contributed by atoms with Gasteiger partial charge in [0, 0.05) is 17.1 Å². The fourth-order valence-corrected chi connectivity index (χ4v) is 4.71. The Morgan fingerprint density at radius 3 is 2.31 bits per heavy atom. The molecular formula is C30H30FNO3. The van der Waals surface area contributed by atoms with E-state index in [1.165, 1.54) is 12.1 Å². The van der Waals surface area contributed by atoms with Crippen molar-refractivity contribution >= 4 is 10.9 Å². The van der Waals surface area contributed by atoms with Crippen LogP contribution >= 0.6 is 0 Å². The molecule has 5 heteroatoms.